The molecule has 0 spiro atoms. The van der Waals surface area contributed by atoms with E-state index in [1.54, 1.807) is 0 Å². The lowest BCUT2D eigenvalue weighted by molar-refractivity contribution is -0.0520. The summed E-state index contributed by atoms with van der Waals surface area (Å²) in [6.45, 7) is 4.51. The van der Waals surface area contributed by atoms with Crippen LogP contribution in [-0.2, 0) is 0 Å². The Bertz CT molecular complexity index is 321. The van der Waals surface area contributed by atoms with E-state index in [4.69, 9.17) is 4.74 Å². The fourth-order valence-electron chi connectivity index (χ4n) is 2.24. The van der Waals surface area contributed by atoms with Gasteiger partial charge < -0.3 is 10.1 Å². The Morgan fingerprint density at radius 3 is 2.47 bits per heavy atom. The molecule has 1 aromatic rings. The Labute approximate surface area is 91.6 Å². The van der Waals surface area contributed by atoms with E-state index < -0.39 is 0 Å². The van der Waals surface area contributed by atoms with Crippen LogP contribution >= 0.6 is 0 Å². The van der Waals surface area contributed by atoms with Gasteiger partial charge in [-0.3, -0.25) is 0 Å². The van der Waals surface area contributed by atoms with Crippen molar-refractivity contribution in [1.82, 2.24) is 5.32 Å². The van der Waals surface area contributed by atoms with Gasteiger partial charge in [-0.1, -0.05) is 32.0 Å². The van der Waals surface area contributed by atoms with Crippen LogP contribution in [0, 0.1) is 5.41 Å². The Morgan fingerprint density at radius 1 is 1.27 bits per heavy atom. The lowest BCUT2D eigenvalue weighted by Gasteiger charge is -2.51. The Morgan fingerprint density at radius 2 is 1.93 bits per heavy atom. The third-order valence-electron chi connectivity index (χ3n) is 3.55. The first-order valence-electron chi connectivity index (χ1n) is 5.53. The van der Waals surface area contributed by atoms with Crippen molar-refractivity contribution in [2.75, 3.05) is 7.05 Å². The summed E-state index contributed by atoms with van der Waals surface area (Å²) in [6, 6.07) is 10.6. The molecule has 0 aromatic heterocycles. The highest BCUT2D eigenvalue weighted by atomic mass is 16.5. The summed E-state index contributed by atoms with van der Waals surface area (Å²) in [7, 11) is 2.02. The first kappa shape index (κ1) is 10.5. The van der Waals surface area contributed by atoms with Crippen LogP contribution in [0.2, 0.25) is 0 Å². The largest absolute Gasteiger partial charge is 0.490 e. The molecule has 0 saturated heterocycles. The zero-order valence-electron chi connectivity index (χ0n) is 9.66. The van der Waals surface area contributed by atoms with E-state index in [1.807, 2.05) is 37.4 Å². The van der Waals surface area contributed by atoms with E-state index in [1.165, 1.54) is 0 Å². The Kier molecular flexibility index (Phi) is 2.70. The van der Waals surface area contributed by atoms with Crippen LogP contribution in [0.5, 0.6) is 5.75 Å². The zero-order chi connectivity index (χ0) is 10.9. The molecule has 1 aliphatic rings. The molecule has 1 aromatic carbocycles. The summed E-state index contributed by atoms with van der Waals surface area (Å²) in [4.78, 5) is 0. The molecule has 2 atom stereocenters. The molecule has 0 amide bonds. The average molecular weight is 205 g/mol. The van der Waals surface area contributed by atoms with Crippen molar-refractivity contribution in [2.24, 2.45) is 5.41 Å². The van der Waals surface area contributed by atoms with Crippen LogP contribution in [0.25, 0.3) is 0 Å². The van der Waals surface area contributed by atoms with Gasteiger partial charge in [0, 0.05) is 17.9 Å². The van der Waals surface area contributed by atoms with Crippen LogP contribution in [0.1, 0.15) is 20.3 Å². The summed E-state index contributed by atoms with van der Waals surface area (Å²) in [5, 5.41) is 3.33. The quantitative estimate of drug-likeness (QED) is 0.818. The standard InChI is InChI=1S/C13H19NO/c1-13(2)11(14-3)9-12(13)15-10-7-5-4-6-8-10/h4-8,11-12,14H,9H2,1-3H3/t11-,12-/m1/s1. The maximum absolute atomic E-state index is 5.96. The number of ether oxygens (including phenoxy) is 1. The zero-order valence-corrected chi connectivity index (χ0v) is 9.66. The molecular weight excluding hydrogens is 186 g/mol. The molecule has 15 heavy (non-hydrogen) atoms. The SMILES string of the molecule is CN[C@@H]1C[C@@H](Oc2ccccc2)C1(C)C. The molecule has 1 fully saturated rings. The van der Waals surface area contributed by atoms with Gasteiger partial charge in [0.2, 0.25) is 0 Å². The maximum Gasteiger partial charge on any atom is 0.119 e. The summed E-state index contributed by atoms with van der Waals surface area (Å²) < 4.78 is 5.96. The number of hydrogen-bond donors (Lipinski definition) is 1. The Balaban J connectivity index is 1.99. The average Bonchev–Trinajstić information content (AvgIpc) is 2.25. The molecule has 0 radical (unpaired) electrons. The van der Waals surface area contributed by atoms with Crippen molar-refractivity contribution in [3.05, 3.63) is 30.3 Å². The lowest BCUT2D eigenvalue weighted by Crippen LogP contribution is -2.61. The second kappa shape index (κ2) is 3.86. The molecule has 2 heteroatoms. The van der Waals surface area contributed by atoms with Crippen LogP contribution in [0.15, 0.2) is 30.3 Å². The summed E-state index contributed by atoms with van der Waals surface area (Å²) in [5.41, 5.74) is 0.227. The molecular formula is C13H19NO. The normalized spacial score (nSPS) is 28.2. The van der Waals surface area contributed by atoms with Gasteiger partial charge in [-0.2, -0.15) is 0 Å². The molecule has 1 N–H and O–H groups in total. The highest BCUT2D eigenvalue weighted by Crippen LogP contribution is 2.42. The number of nitrogens with one attached hydrogen (secondary N) is 1. The van der Waals surface area contributed by atoms with Gasteiger partial charge in [0.05, 0.1) is 0 Å². The molecule has 1 saturated carbocycles. The number of benzene rings is 1. The molecule has 0 unspecified atom stereocenters. The van der Waals surface area contributed by atoms with Gasteiger partial charge in [-0.05, 0) is 19.2 Å². The molecule has 0 aliphatic heterocycles. The maximum atomic E-state index is 5.96. The van der Waals surface area contributed by atoms with E-state index in [0.717, 1.165) is 12.2 Å². The van der Waals surface area contributed by atoms with E-state index in [0.29, 0.717) is 12.1 Å². The summed E-state index contributed by atoms with van der Waals surface area (Å²) >= 11 is 0. The minimum atomic E-state index is 0.227. The topological polar surface area (TPSA) is 21.3 Å². The number of para-hydroxylation sites is 1. The van der Waals surface area contributed by atoms with Crippen molar-refractivity contribution in [1.29, 1.82) is 0 Å². The van der Waals surface area contributed by atoms with Crippen LogP contribution in [-0.4, -0.2) is 19.2 Å². The highest BCUT2D eigenvalue weighted by Gasteiger charge is 2.49. The smallest absolute Gasteiger partial charge is 0.119 e. The second-order valence-electron chi connectivity index (χ2n) is 4.82. The van der Waals surface area contributed by atoms with Gasteiger partial charge in [0.25, 0.3) is 0 Å². The van der Waals surface area contributed by atoms with Crippen LogP contribution in [0.3, 0.4) is 0 Å². The third-order valence-corrected chi connectivity index (χ3v) is 3.55. The first-order valence-corrected chi connectivity index (χ1v) is 5.53. The lowest BCUT2D eigenvalue weighted by atomic mass is 9.64. The molecule has 0 heterocycles. The summed E-state index contributed by atoms with van der Waals surface area (Å²) in [5.74, 6) is 0.977. The predicted octanol–water partition coefficient (Wildman–Crippen LogP) is 2.45. The molecule has 0 bridgehead atoms. The van der Waals surface area contributed by atoms with Gasteiger partial charge in [0.15, 0.2) is 0 Å². The Hall–Kier alpha value is -1.02. The van der Waals surface area contributed by atoms with E-state index in [-0.39, 0.29) is 5.41 Å². The van der Waals surface area contributed by atoms with E-state index in [2.05, 4.69) is 19.2 Å². The van der Waals surface area contributed by atoms with E-state index >= 15 is 0 Å². The fourth-order valence-corrected chi connectivity index (χ4v) is 2.24. The number of rotatable bonds is 3. The highest BCUT2D eigenvalue weighted by molar-refractivity contribution is 5.22. The van der Waals surface area contributed by atoms with Crippen molar-refractivity contribution in [3.8, 4) is 5.75 Å². The predicted molar refractivity (Wildman–Crippen MR) is 62.1 cm³/mol. The van der Waals surface area contributed by atoms with Crippen LogP contribution in [0.4, 0.5) is 0 Å². The van der Waals surface area contributed by atoms with Gasteiger partial charge in [0.1, 0.15) is 11.9 Å². The molecule has 1 aliphatic carbocycles. The third kappa shape index (κ3) is 1.86. The van der Waals surface area contributed by atoms with Crippen molar-refractivity contribution < 1.29 is 4.74 Å². The molecule has 82 valence electrons. The molecule has 2 nitrogen and oxygen atoms in total. The first-order chi connectivity index (χ1) is 7.14. The van der Waals surface area contributed by atoms with Gasteiger partial charge in [-0.25, -0.2) is 0 Å². The monoisotopic (exact) mass is 205 g/mol. The minimum absolute atomic E-state index is 0.227. The van der Waals surface area contributed by atoms with Crippen LogP contribution < -0.4 is 10.1 Å². The minimum Gasteiger partial charge on any atom is -0.490 e. The van der Waals surface area contributed by atoms with Crippen molar-refractivity contribution >= 4 is 0 Å². The molecule has 2 rings (SSSR count). The number of hydrogen-bond acceptors (Lipinski definition) is 2. The van der Waals surface area contributed by atoms with Crippen molar-refractivity contribution in [3.63, 3.8) is 0 Å². The second-order valence-corrected chi connectivity index (χ2v) is 4.82. The fraction of sp³-hybridized carbons (Fsp3) is 0.538. The van der Waals surface area contributed by atoms with E-state index in [9.17, 15) is 0 Å². The summed E-state index contributed by atoms with van der Waals surface area (Å²) in [6.07, 6.45) is 1.43. The van der Waals surface area contributed by atoms with Crippen molar-refractivity contribution in [2.45, 2.75) is 32.4 Å². The van der Waals surface area contributed by atoms with Gasteiger partial charge >= 0.3 is 0 Å². The van der Waals surface area contributed by atoms with Gasteiger partial charge in [-0.15, -0.1) is 0 Å².